The molecule has 60 valence electrons. The van der Waals surface area contributed by atoms with Gasteiger partial charge in [0.2, 0.25) is 0 Å². The van der Waals surface area contributed by atoms with Crippen molar-refractivity contribution in [2.24, 2.45) is 0 Å². The molecule has 0 atom stereocenters. The number of rotatable bonds is 1. The second-order valence-electron chi connectivity index (χ2n) is 2.13. The lowest BCUT2D eigenvalue weighted by atomic mass is 10.4. The molecule has 0 unspecified atom stereocenters. The van der Waals surface area contributed by atoms with E-state index >= 15 is 0 Å². The molecule has 0 aliphatic rings. The van der Waals surface area contributed by atoms with E-state index in [2.05, 4.69) is 9.72 Å². The summed E-state index contributed by atoms with van der Waals surface area (Å²) in [6, 6.07) is 0. The maximum absolute atomic E-state index is 11.0. The molecule has 3 nitrogen and oxygen atoms in total. The first-order valence-corrected chi connectivity index (χ1v) is 3.99. The summed E-state index contributed by atoms with van der Waals surface area (Å²) in [5, 5.41) is 0.892. The standard InChI is InChI=1S/C7H9NO2S/c1-4-6(7(9)10-3)8-5(2)11-4/h1-3H3. The Bertz CT molecular complexity index is 280. The van der Waals surface area contributed by atoms with Crippen LogP contribution in [0.2, 0.25) is 0 Å². The van der Waals surface area contributed by atoms with E-state index in [4.69, 9.17) is 0 Å². The molecule has 11 heavy (non-hydrogen) atoms. The number of thiazole rings is 1. The van der Waals surface area contributed by atoms with Gasteiger partial charge < -0.3 is 4.74 Å². The molecule has 4 heteroatoms. The molecule has 1 rings (SSSR count). The number of methoxy groups -OCH3 is 1. The van der Waals surface area contributed by atoms with Crippen molar-refractivity contribution < 1.29 is 9.53 Å². The molecule has 1 heterocycles. The number of esters is 1. The average molecular weight is 171 g/mol. The molecule has 0 saturated heterocycles. The van der Waals surface area contributed by atoms with Gasteiger partial charge in [0.25, 0.3) is 0 Å². The first kappa shape index (κ1) is 8.20. The van der Waals surface area contributed by atoms with Gasteiger partial charge in [-0.1, -0.05) is 0 Å². The van der Waals surface area contributed by atoms with Crippen molar-refractivity contribution in [2.45, 2.75) is 13.8 Å². The Morgan fingerprint density at radius 3 is 2.55 bits per heavy atom. The smallest absolute Gasteiger partial charge is 0.357 e. The minimum atomic E-state index is -0.355. The molecule has 0 aliphatic carbocycles. The Balaban J connectivity index is 3.03. The molecule has 0 aliphatic heterocycles. The highest BCUT2D eigenvalue weighted by molar-refractivity contribution is 7.11. The number of aromatic nitrogens is 1. The first-order chi connectivity index (χ1) is 5.15. The van der Waals surface area contributed by atoms with Crippen LogP contribution in [-0.2, 0) is 4.74 Å². The number of hydrogen-bond acceptors (Lipinski definition) is 4. The largest absolute Gasteiger partial charge is 0.464 e. The van der Waals surface area contributed by atoms with Crippen molar-refractivity contribution in [2.75, 3.05) is 7.11 Å². The minimum absolute atomic E-state index is 0.355. The van der Waals surface area contributed by atoms with Crippen LogP contribution in [0.1, 0.15) is 20.4 Å². The van der Waals surface area contributed by atoms with Gasteiger partial charge in [-0.25, -0.2) is 9.78 Å². The fraction of sp³-hybridized carbons (Fsp3) is 0.429. The molecule has 0 fully saturated rings. The van der Waals surface area contributed by atoms with E-state index in [9.17, 15) is 4.79 Å². The summed E-state index contributed by atoms with van der Waals surface area (Å²) in [5.74, 6) is -0.355. The lowest BCUT2D eigenvalue weighted by Gasteiger charge is -1.93. The van der Waals surface area contributed by atoms with Crippen molar-refractivity contribution in [1.29, 1.82) is 0 Å². The van der Waals surface area contributed by atoms with Gasteiger partial charge in [-0.05, 0) is 13.8 Å². The number of carbonyl (C=O) groups is 1. The summed E-state index contributed by atoms with van der Waals surface area (Å²) in [6.45, 7) is 3.72. The predicted molar refractivity (Wildman–Crippen MR) is 42.9 cm³/mol. The van der Waals surface area contributed by atoms with Crippen LogP contribution in [-0.4, -0.2) is 18.1 Å². The summed E-state index contributed by atoms with van der Waals surface area (Å²) in [6.07, 6.45) is 0. The first-order valence-electron chi connectivity index (χ1n) is 3.17. The van der Waals surface area contributed by atoms with E-state index in [1.807, 2.05) is 13.8 Å². The third kappa shape index (κ3) is 1.57. The Morgan fingerprint density at radius 1 is 1.55 bits per heavy atom. The molecule has 0 bridgehead atoms. The van der Waals surface area contributed by atoms with Crippen LogP contribution in [0.15, 0.2) is 0 Å². The molecular weight excluding hydrogens is 162 g/mol. The van der Waals surface area contributed by atoms with Crippen molar-refractivity contribution >= 4 is 17.3 Å². The number of aryl methyl sites for hydroxylation is 2. The average Bonchev–Trinajstić information content (AvgIpc) is 2.28. The lowest BCUT2D eigenvalue weighted by molar-refractivity contribution is 0.0594. The van der Waals surface area contributed by atoms with Gasteiger partial charge in [-0.2, -0.15) is 0 Å². The molecule has 1 aromatic heterocycles. The number of ether oxygens (including phenoxy) is 1. The maximum Gasteiger partial charge on any atom is 0.357 e. The monoisotopic (exact) mass is 171 g/mol. The molecule has 0 N–H and O–H groups in total. The zero-order chi connectivity index (χ0) is 8.43. The SMILES string of the molecule is COC(=O)c1nc(C)sc1C. The van der Waals surface area contributed by atoms with Gasteiger partial charge in [0, 0.05) is 4.88 Å². The van der Waals surface area contributed by atoms with E-state index in [-0.39, 0.29) is 5.97 Å². The van der Waals surface area contributed by atoms with Crippen molar-refractivity contribution in [3.8, 4) is 0 Å². The van der Waals surface area contributed by atoms with Crippen LogP contribution < -0.4 is 0 Å². The highest BCUT2D eigenvalue weighted by atomic mass is 32.1. The van der Waals surface area contributed by atoms with E-state index in [1.165, 1.54) is 18.4 Å². The highest BCUT2D eigenvalue weighted by Gasteiger charge is 2.13. The van der Waals surface area contributed by atoms with Crippen LogP contribution in [0.4, 0.5) is 0 Å². The predicted octanol–water partition coefficient (Wildman–Crippen LogP) is 1.55. The quantitative estimate of drug-likeness (QED) is 0.602. The van der Waals surface area contributed by atoms with E-state index < -0.39 is 0 Å². The van der Waals surface area contributed by atoms with Gasteiger partial charge in [-0.15, -0.1) is 11.3 Å². The van der Waals surface area contributed by atoms with Crippen LogP contribution in [0.3, 0.4) is 0 Å². The Morgan fingerprint density at radius 2 is 2.18 bits per heavy atom. The Hall–Kier alpha value is -0.900. The molecule has 0 aromatic carbocycles. The van der Waals surface area contributed by atoms with E-state index in [0.717, 1.165) is 9.88 Å². The maximum atomic E-state index is 11.0. The molecule has 0 spiro atoms. The van der Waals surface area contributed by atoms with Gasteiger partial charge in [-0.3, -0.25) is 0 Å². The Kier molecular flexibility index (Phi) is 2.24. The topological polar surface area (TPSA) is 39.2 Å². The molecule has 0 radical (unpaired) electrons. The lowest BCUT2D eigenvalue weighted by Crippen LogP contribution is -2.02. The second-order valence-corrected chi connectivity index (χ2v) is 3.54. The van der Waals surface area contributed by atoms with Crippen LogP contribution in [0, 0.1) is 13.8 Å². The molecule has 0 amide bonds. The zero-order valence-electron chi connectivity index (χ0n) is 6.67. The van der Waals surface area contributed by atoms with Gasteiger partial charge in [0.1, 0.15) is 0 Å². The highest BCUT2D eigenvalue weighted by Crippen LogP contribution is 2.16. The summed E-state index contributed by atoms with van der Waals surface area (Å²) in [5.41, 5.74) is 0.440. The van der Waals surface area contributed by atoms with Gasteiger partial charge in [0.15, 0.2) is 5.69 Å². The molecular formula is C7H9NO2S. The van der Waals surface area contributed by atoms with E-state index in [1.54, 1.807) is 0 Å². The third-order valence-electron chi connectivity index (χ3n) is 1.28. The summed E-state index contributed by atoms with van der Waals surface area (Å²) in [4.78, 5) is 15.9. The van der Waals surface area contributed by atoms with Crippen LogP contribution >= 0.6 is 11.3 Å². The van der Waals surface area contributed by atoms with Crippen molar-refractivity contribution in [3.63, 3.8) is 0 Å². The zero-order valence-corrected chi connectivity index (χ0v) is 7.49. The number of nitrogens with zero attached hydrogens (tertiary/aromatic N) is 1. The summed E-state index contributed by atoms with van der Waals surface area (Å²) >= 11 is 1.50. The third-order valence-corrected chi connectivity index (χ3v) is 2.17. The molecule has 1 aromatic rings. The minimum Gasteiger partial charge on any atom is -0.464 e. The summed E-state index contributed by atoms with van der Waals surface area (Å²) < 4.78 is 4.54. The van der Waals surface area contributed by atoms with E-state index in [0.29, 0.717) is 5.69 Å². The number of hydrogen-bond donors (Lipinski definition) is 0. The van der Waals surface area contributed by atoms with Crippen molar-refractivity contribution in [1.82, 2.24) is 4.98 Å². The van der Waals surface area contributed by atoms with Gasteiger partial charge in [0.05, 0.1) is 12.1 Å². The van der Waals surface area contributed by atoms with Crippen molar-refractivity contribution in [3.05, 3.63) is 15.6 Å². The van der Waals surface area contributed by atoms with Gasteiger partial charge >= 0.3 is 5.97 Å². The Labute approximate surface area is 69.0 Å². The number of carbonyl (C=O) groups excluding carboxylic acids is 1. The molecule has 0 saturated carbocycles. The second kappa shape index (κ2) is 3.00. The fourth-order valence-electron chi connectivity index (χ4n) is 0.815. The fourth-order valence-corrected chi connectivity index (χ4v) is 1.62. The van der Waals surface area contributed by atoms with Crippen LogP contribution in [0.25, 0.3) is 0 Å². The van der Waals surface area contributed by atoms with Crippen LogP contribution in [0.5, 0.6) is 0 Å². The normalized spacial score (nSPS) is 9.73. The summed E-state index contributed by atoms with van der Waals surface area (Å²) in [7, 11) is 1.36.